The van der Waals surface area contributed by atoms with Crippen molar-refractivity contribution in [3.8, 4) is 11.4 Å². The molecule has 0 saturated heterocycles. The third-order valence-corrected chi connectivity index (χ3v) is 3.93. The molecule has 3 aromatic rings. The summed E-state index contributed by atoms with van der Waals surface area (Å²) in [7, 11) is 0. The summed E-state index contributed by atoms with van der Waals surface area (Å²) in [6.45, 7) is 0.152. The molecule has 25 heavy (non-hydrogen) atoms. The zero-order chi connectivity index (χ0) is 17.8. The maximum atomic E-state index is 12.3. The Bertz CT molecular complexity index is 976. The van der Waals surface area contributed by atoms with Gasteiger partial charge in [-0.25, -0.2) is 15.1 Å². The predicted molar refractivity (Wildman–Crippen MR) is 93.5 cm³/mol. The van der Waals surface area contributed by atoms with Gasteiger partial charge >= 0.3 is 0 Å². The third kappa shape index (κ3) is 4.01. The third-order valence-electron chi connectivity index (χ3n) is 3.35. The number of carbonyl (C=O) groups excluding carboxylic acids is 1. The highest BCUT2D eigenvalue weighted by Gasteiger charge is 2.14. The van der Waals surface area contributed by atoms with Crippen LogP contribution >= 0.6 is 23.2 Å². The van der Waals surface area contributed by atoms with Crippen molar-refractivity contribution in [3.63, 3.8) is 0 Å². The molecule has 0 aliphatic rings. The molecule has 0 aliphatic heterocycles. The van der Waals surface area contributed by atoms with E-state index in [2.05, 4.69) is 25.5 Å². The fourth-order valence-corrected chi connectivity index (χ4v) is 2.56. The average molecular weight is 376 g/mol. The molecule has 0 spiro atoms. The lowest BCUT2D eigenvalue weighted by molar-refractivity contribution is 0.0949. The van der Waals surface area contributed by atoms with Gasteiger partial charge in [0.05, 0.1) is 5.69 Å². The summed E-state index contributed by atoms with van der Waals surface area (Å²) in [5.41, 5.74) is 0.852. The first-order valence-electron chi connectivity index (χ1n) is 7.13. The molecule has 1 aromatic carbocycles. The van der Waals surface area contributed by atoms with Crippen LogP contribution < -0.4 is 10.9 Å². The minimum Gasteiger partial charge on any atom is -0.348 e. The molecular weight excluding hydrogens is 365 g/mol. The molecule has 0 aliphatic carbocycles. The first-order chi connectivity index (χ1) is 12.0. The van der Waals surface area contributed by atoms with E-state index in [4.69, 9.17) is 23.2 Å². The van der Waals surface area contributed by atoms with Gasteiger partial charge in [0.25, 0.3) is 11.5 Å². The first kappa shape index (κ1) is 17.1. The Balaban J connectivity index is 1.81. The van der Waals surface area contributed by atoms with Gasteiger partial charge in [-0.15, -0.1) is 0 Å². The maximum Gasteiger partial charge on any atom is 0.277 e. The second-order valence-electron chi connectivity index (χ2n) is 5.01. The Morgan fingerprint density at radius 2 is 2.00 bits per heavy atom. The van der Waals surface area contributed by atoms with E-state index in [1.807, 2.05) is 0 Å². The number of hydrogen-bond donors (Lipinski definition) is 2. The van der Waals surface area contributed by atoms with Gasteiger partial charge in [-0.1, -0.05) is 29.3 Å². The Morgan fingerprint density at radius 3 is 2.72 bits per heavy atom. The smallest absolute Gasteiger partial charge is 0.277 e. The highest BCUT2D eigenvalue weighted by Crippen LogP contribution is 2.20. The Kier molecular flexibility index (Phi) is 5.06. The van der Waals surface area contributed by atoms with Gasteiger partial charge in [0, 0.05) is 22.8 Å². The van der Waals surface area contributed by atoms with Crippen molar-refractivity contribution in [2.75, 3.05) is 0 Å². The minimum absolute atomic E-state index is 0.0753. The van der Waals surface area contributed by atoms with E-state index in [-0.39, 0.29) is 12.1 Å². The van der Waals surface area contributed by atoms with Crippen LogP contribution in [0.2, 0.25) is 10.0 Å². The Labute approximate surface area is 152 Å². The molecule has 7 nitrogen and oxygen atoms in total. The molecule has 0 saturated carbocycles. The summed E-state index contributed by atoms with van der Waals surface area (Å²) in [6, 6.07) is 7.95. The van der Waals surface area contributed by atoms with Crippen LogP contribution in [0.4, 0.5) is 0 Å². The number of aromatic amines is 1. The van der Waals surface area contributed by atoms with Crippen molar-refractivity contribution in [1.82, 2.24) is 25.5 Å². The van der Waals surface area contributed by atoms with Gasteiger partial charge in [0.15, 0.2) is 0 Å². The number of nitrogens with one attached hydrogen (secondary N) is 2. The fraction of sp³-hybridized carbons (Fsp3) is 0.0625. The maximum absolute atomic E-state index is 12.3. The molecule has 2 N–H and O–H groups in total. The number of hydrogen-bond acceptors (Lipinski definition) is 5. The van der Waals surface area contributed by atoms with E-state index in [0.717, 1.165) is 0 Å². The van der Waals surface area contributed by atoms with Crippen molar-refractivity contribution < 1.29 is 4.79 Å². The molecule has 0 unspecified atom stereocenters. The zero-order valence-corrected chi connectivity index (χ0v) is 14.2. The van der Waals surface area contributed by atoms with Crippen LogP contribution in [0.25, 0.3) is 11.4 Å². The predicted octanol–water partition coefficient (Wildman–Crippen LogP) is 2.46. The monoisotopic (exact) mass is 375 g/mol. The second-order valence-corrected chi connectivity index (χ2v) is 5.85. The number of H-pyrrole nitrogens is 1. The van der Waals surface area contributed by atoms with Crippen LogP contribution in [0, 0.1) is 0 Å². The normalized spacial score (nSPS) is 10.5. The Hall–Kier alpha value is -2.77. The fourth-order valence-electron chi connectivity index (χ4n) is 2.08. The molecule has 0 fully saturated rings. The number of aromatic nitrogens is 4. The van der Waals surface area contributed by atoms with Gasteiger partial charge in [0.1, 0.15) is 17.6 Å². The lowest BCUT2D eigenvalue weighted by atomic mass is 10.2. The molecule has 9 heteroatoms. The van der Waals surface area contributed by atoms with Gasteiger partial charge in [-0.3, -0.25) is 9.59 Å². The lowest BCUT2D eigenvalue weighted by Crippen LogP contribution is -2.30. The van der Waals surface area contributed by atoms with Gasteiger partial charge in [-0.2, -0.15) is 5.10 Å². The van der Waals surface area contributed by atoms with Crippen LogP contribution in [0.1, 0.15) is 15.9 Å². The van der Waals surface area contributed by atoms with Crippen molar-refractivity contribution in [1.29, 1.82) is 0 Å². The Morgan fingerprint density at radius 1 is 1.16 bits per heavy atom. The average Bonchev–Trinajstić information content (AvgIpc) is 2.62. The van der Waals surface area contributed by atoms with Crippen LogP contribution in [0.5, 0.6) is 0 Å². The van der Waals surface area contributed by atoms with E-state index in [1.165, 1.54) is 18.6 Å². The molecule has 3 rings (SSSR count). The van der Waals surface area contributed by atoms with Crippen LogP contribution in [-0.4, -0.2) is 26.1 Å². The standard InChI is InChI=1S/C16H11Cl2N5O2/c17-10-2-1-9(12(18)5-10)7-20-15(24)11-6-14(22-23-16(11)25)13-3-4-19-8-21-13/h1-6,8H,7H2,(H,20,24)(H,23,25). The summed E-state index contributed by atoms with van der Waals surface area (Å²) < 4.78 is 0. The van der Waals surface area contributed by atoms with E-state index in [1.54, 1.807) is 24.3 Å². The van der Waals surface area contributed by atoms with Crippen molar-refractivity contribution in [2.45, 2.75) is 6.54 Å². The second kappa shape index (κ2) is 7.42. The molecule has 0 atom stereocenters. The summed E-state index contributed by atoms with van der Waals surface area (Å²) in [6.07, 6.45) is 2.89. The van der Waals surface area contributed by atoms with E-state index < -0.39 is 11.5 Å². The summed E-state index contributed by atoms with van der Waals surface area (Å²) in [5.74, 6) is -0.551. The number of amides is 1. The molecular formula is C16H11Cl2N5O2. The van der Waals surface area contributed by atoms with Crippen molar-refractivity contribution >= 4 is 29.1 Å². The van der Waals surface area contributed by atoms with E-state index in [9.17, 15) is 9.59 Å². The summed E-state index contributed by atoms with van der Waals surface area (Å²) in [5, 5.41) is 9.76. The minimum atomic E-state index is -0.600. The number of nitrogens with zero attached hydrogens (tertiary/aromatic N) is 3. The zero-order valence-electron chi connectivity index (χ0n) is 12.7. The lowest BCUT2D eigenvalue weighted by Gasteiger charge is -2.07. The number of benzene rings is 1. The SMILES string of the molecule is O=C(NCc1ccc(Cl)cc1Cl)c1cc(-c2ccncn2)n[nH]c1=O. The molecule has 126 valence electrons. The molecule has 0 radical (unpaired) electrons. The van der Waals surface area contributed by atoms with Crippen LogP contribution in [0.3, 0.4) is 0 Å². The molecule has 2 aromatic heterocycles. The molecule has 1 amide bonds. The topological polar surface area (TPSA) is 101 Å². The van der Waals surface area contributed by atoms with Gasteiger partial charge < -0.3 is 5.32 Å². The molecule has 2 heterocycles. The van der Waals surface area contributed by atoms with Crippen LogP contribution in [-0.2, 0) is 6.54 Å². The van der Waals surface area contributed by atoms with Crippen LogP contribution in [0.15, 0.2) is 47.7 Å². The number of halogens is 2. The number of carbonyl (C=O) groups is 1. The van der Waals surface area contributed by atoms with Gasteiger partial charge in [-0.05, 0) is 29.8 Å². The highest BCUT2D eigenvalue weighted by molar-refractivity contribution is 6.35. The molecule has 0 bridgehead atoms. The first-order valence-corrected chi connectivity index (χ1v) is 7.88. The van der Waals surface area contributed by atoms with E-state index in [0.29, 0.717) is 27.0 Å². The van der Waals surface area contributed by atoms with Crippen molar-refractivity contribution in [3.05, 3.63) is 74.4 Å². The summed E-state index contributed by atoms with van der Waals surface area (Å²) >= 11 is 11.9. The van der Waals surface area contributed by atoms with Gasteiger partial charge in [0.2, 0.25) is 0 Å². The summed E-state index contributed by atoms with van der Waals surface area (Å²) in [4.78, 5) is 32.1. The quantitative estimate of drug-likeness (QED) is 0.729. The van der Waals surface area contributed by atoms with E-state index >= 15 is 0 Å². The van der Waals surface area contributed by atoms with Crippen molar-refractivity contribution in [2.24, 2.45) is 0 Å². The largest absolute Gasteiger partial charge is 0.348 e. The number of rotatable bonds is 4. The highest BCUT2D eigenvalue weighted by atomic mass is 35.5.